The van der Waals surface area contributed by atoms with Gasteiger partial charge in [0.15, 0.2) is 0 Å². The highest BCUT2D eigenvalue weighted by Gasteiger charge is 2.36. The number of nitrogens with zero attached hydrogens (tertiary/aromatic N) is 1. The lowest BCUT2D eigenvalue weighted by atomic mass is 10.1. The summed E-state index contributed by atoms with van der Waals surface area (Å²) in [5.41, 5.74) is 1.97. The lowest BCUT2D eigenvalue weighted by Crippen LogP contribution is -2.49. The summed E-state index contributed by atoms with van der Waals surface area (Å²) in [6, 6.07) is 5.64. The van der Waals surface area contributed by atoms with Crippen LogP contribution in [0.1, 0.15) is 15.9 Å². The Bertz CT molecular complexity index is 705. The number of thiophene rings is 1. The Labute approximate surface area is 138 Å². The number of halogens is 2. The van der Waals surface area contributed by atoms with Gasteiger partial charge in [0.05, 0.1) is 9.35 Å². The number of nitrogens with one attached hydrogen (secondary N) is 1. The van der Waals surface area contributed by atoms with Crippen molar-refractivity contribution in [2.45, 2.75) is 13.3 Å². The summed E-state index contributed by atoms with van der Waals surface area (Å²) in [6.07, 6.45) is -0.760. The second kappa shape index (κ2) is 5.60. The fourth-order valence-corrected chi connectivity index (χ4v) is 3.94. The topological polar surface area (TPSA) is 41.6 Å². The minimum atomic E-state index is -0.760. The zero-order valence-corrected chi connectivity index (χ0v) is 14.1. The van der Waals surface area contributed by atoms with E-state index >= 15 is 0 Å². The summed E-state index contributed by atoms with van der Waals surface area (Å²) < 4.78 is 19.0. The third-order valence-electron chi connectivity index (χ3n) is 3.21. The summed E-state index contributed by atoms with van der Waals surface area (Å²) in [4.78, 5) is 14.2. The Hall–Kier alpha value is -1.09. The third kappa shape index (κ3) is 2.46. The van der Waals surface area contributed by atoms with E-state index in [0.717, 1.165) is 14.4 Å². The van der Waals surface area contributed by atoms with Gasteiger partial charge in [-0.05, 0) is 65.6 Å². The summed E-state index contributed by atoms with van der Waals surface area (Å²) in [5, 5.41) is 3.83. The molecule has 1 amide bonds. The highest BCUT2D eigenvalue weighted by molar-refractivity contribution is 9.11. The summed E-state index contributed by atoms with van der Waals surface area (Å²) >= 11 is 8.67. The lowest BCUT2D eigenvalue weighted by molar-refractivity contribution is 0.0934. The Kier molecular flexibility index (Phi) is 3.96. The number of carbonyl (C=O) groups is 1. The van der Waals surface area contributed by atoms with Crippen molar-refractivity contribution in [2.24, 2.45) is 0 Å². The van der Waals surface area contributed by atoms with Gasteiger partial charge in [-0.15, -0.1) is 11.3 Å². The number of benzene rings is 1. The first kappa shape index (κ1) is 14.8. The van der Waals surface area contributed by atoms with Gasteiger partial charge < -0.3 is 5.32 Å². The molecular weight excluding hydrogens is 379 g/mol. The quantitative estimate of drug-likeness (QED) is 0.598. The minimum absolute atomic E-state index is 0.214. The largest absolute Gasteiger partial charge is 0.333 e. The molecule has 0 radical (unpaired) electrons. The van der Waals surface area contributed by atoms with E-state index in [1.165, 1.54) is 40.5 Å². The SMILES string of the molecule is Cc1c(Br)sc2c1C(=O)N(c1ccc(F)cc1)C(OS)N2. The van der Waals surface area contributed by atoms with Crippen molar-refractivity contribution >= 4 is 56.8 Å². The summed E-state index contributed by atoms with van der Waals surface area (Å²) in [7, 11) is 0. The van der Waals surface area contributed by atoms with Gasteiger partial charge in [0, 0.05) is 5.69 Å². The van der Waals surface area contributed by atoms with Gasteiger partial charge in [0.1, 0.15) is 10.8 Å². The van der Waals surface area contributed by atoms with Crippen molar-refractivity contribution in [3.8, 4) is 0 Å². The highest BCUT2D eigenvalue weighted by atomic mass is 79.9. The molecule has 8 heteroatoms. The number of thiol groups is 1. The van der Waals surface area contributed by atoms with Crippen LogP contribution in [0.5, 0.6) is 0 Å². The van der Waals surface area contributed by atoms with E-state index < -0.39 is 6.35 Å². The smallest absolute Gasteiger partial charge is 0.265 e. The van der Waals surface area contributed by atoms with Crippen molar-refractivity contribution in [2.75, 3.05) is 10.2 Å². The molecule has 3 rings (SSSR count). The molecule has 1 aromatic heterocycles. The van der Waals surface area contributed by atoms with Crippen LogP contribution in [0, 0.1) is 12.7 Å². The number of hydrogen-bond donors (Lipinski definition) is 2. The molecule has 0 saturated carbocycles. The molecule has 1 N–H and O–H groups in total. The average Bonchev–Trinajstić information content (AvgIpc) is 2.75. The predicted octanol–water partition coefficient (Wildman–Crippen LogP) is 4.18. The molecule has 0 aliphatic carbocycles. The number of anilines is 2. The summed E-state index contributed by atoms with van der Waals surface area (Å²) in [5.74, 6) is -0.580. The standard InChI is InChI=1S/C13H10BrFN2O2S2/c1-6-9-11(21-10(6)14)16-13(19-20)17(12(9)18)8-4-2-7(15)3-5-8/h2-5,13,16,20H,1H3. The second-order valence-electron chi connectivity index (χ2n) is 4.46. The average molecular weight is 389 g/mol. The van der Waals surface area contributed by atoms with E-state index in [0.29, 0.717) is 11.3 Å². The Morgan fingerprint density at radius 2 is 2.10 bits per heavy atom. The molecule has 2 heterocycles. The first-order valence-corrected chi connectivity index (χ1v) is 7.95. The van der Waals surface area contributed by atoms with Crippen LogP contribution in [0.2, 0.25) is 0 Å². The fraction of sp³-hybridized carbons (Fsp3) is 0.154. The Morgan fingerprint density at radius 3 is 2.71 bits per heavy atom. The number of amides is 1. The molecule has 1 unspecified atom stereocenters. The van der Waals surface area contributed by atoms with Gasteiger partial charge in [-0.1, -0.05) is 0 Å². The van der Waals surface area contributed by atoms with Crippen LogP contribution in [0.3, 0.4) is 0 Å². The van der Waals surface area contributed by atoms with Crippen molar-refractivity contribution in [1.29, 1.82) is 0 Å². The van der Waals surface area contributed by atoms with Crippen molar-refractivity contribution < 1.29 is 13.4 Å². The van der Waals surface area contributed by atoms with Crippen LogP contribution in [-0.4, -0.2) is 12.3 Å². The van der Waals surface area contributed by atoms with Crippen molar-refractivity contribution in [1.82, 2.24) is 0 Å². The van der Waals surface area contributed by atoms with Crippen molar-refractivity contribution in [3.05, 3.63) is 45.0 Å². The monoisotopic (exact) mass is 388 g/mol. The van der Waals surface area contributed by atoms with Crippen LogP contribution in [0.4, 0.5) is 15.1 Å². The maximum Gasteiger partial charge on any atom is 0.265 e. The third-order valence-corrected chi connectivity index (χ3v) is 5.51. The molecule has 1 aromatic carbocycles. The van der Waals surface area contributed by atoms with E-state index in [-0.39, 0.29) is 11.7 Å². The zero-order valence-electron chi connectivity index (χ0n) is 10.8. The van der Waals surface area contributed by atoms with Gasteiger partial charge in [-0.2, -0.15) is 0 Å². The fourth-order valence-electron chi connectivity index (χ4n) is 2.18. The van der Waals surface area contributed by atoms with Crippen LogP contribution in [0.15, 0.2) is 28.1 Å². The van der Waals surface area contributed by atoms with Gasteiger partial charge in [0.2, 0.25) is 6.35 Å². The normalized spacial score (nSPS) is 17.6. The van der Waals surface area contributed by atoms with E-state index in [2.05, 4.69) is 34.2 Å². The maximum absolute atomic E-state index is 13.1. The predicted molar refractivity (Wildman–Crippen MR) is 87.4 cm³/mol. The molecule has 0 saturated heterocycles. The Morgan fingerprint density at radius 1 is 1.43 bits per heavy atom. The molecule has 4 nitrogen and oxygen atoms in total. The lowest BCUT2D eigenvalue weighted by Gasteiger charge is -2.34. The van der Waals surface area contributed by atoms with Crippen LogP contribution in [0.25, 0.3) is 0 Å². The molecule has 21 heavy (non-hydrogen) atoms. The van der Waals surface area contributed by atoms with Crippen LogP contribution >= 0.6 is 40.2 Å². The molecular formula is C13H10BrFN2O2S2. The van der Waals surface area contributed by atoms with E-state index in [4.69, 9.17) is 4.18 Å². The van der Waals surface area contributed by atoms with E-state index in [1.807, 2.05) is 6.92 Å². The second-order valence-corrected chi connectivity index (χ2v) is 7.01. The van der Waals surface area contributed by atoms with E-state index in [1.54, 1.807) is 0 Å². The molecule has 0 bridgehead atoms. The number of carbonyl (C=O) groups excluding carboxylic acids is 1. The molecule has 110 valence electrons. The number of fused-ring (bicyclic) bond motifs is 1. The highest BCUT2D eigenvalue weighted by Crippen LogP contribution is 2.41. The molecule has 0 spiro atoms. The van der Waals surface area contributed by atoms with Gasteiger partial charge in [-0.3, -0.25) is 13.9 Å². The number of rotatable bonds is 2. The molecule has 1 aliphatic rings. The van der Waals surface area contributed by atoms with Crippen molar-refractivity contribution in [3.63, 3.8) is 0 Å². The maximum atomic E-state index is 13.1. The van der Waals surface area contributed by atoms with Gasteiger partial charge in [0.25, 0.3) is 5.91 Å². The molecule has 2 aromatic rings. The first-order chi connectivity index (χ1) is 10.0. The summed E-state index contributed by atoms with van der Waals surface area (Å²) in [6.45, 7) is 1.86. The minimum Gasteiger partial charge on any atom is -0.333 e. The first-order valence-electron chi connectivity index (χ1n) is 5.97. The molecule has 1 aliphatic heterocycles. The molecule has 0 fully saturated rings. The van der Waals surface area contributed by atoms with Gasteiger partial charge in [-0.25, -0.2) is 4.39 Å². The van der Waals surface area contributed by atoms with Crippen LogP contribution < -0.4 is 10.2 Å². The van der Waals surface area contributed by atoms with Gasteiger partial charge >= 0.3 is 0 Å². The van der Waals surface area contributed by atoms with Crippen LogP contribution in [-0.2, 0) is 4.18 Å². The molecule has 1 atom stereocenters. The zero-order chi connectivity index (χ0) is 15.1. The van der Waals surface area contributed by atoms with E-state index in [9.17, 15) is 9.18 Å². The Balaban J connectivity index is 2.09. The number of hydrogen-bond acceptors (Lipinski definition) is 5.